The number of hydrogen-bond donors (Lipinski definition) is 1. The molecule has 2 aromatic rings. The molecule has 0 saturated heterocycles. The number of anilines is 1. The first-order chi connectivity index (χ1) is 11.6. The minimum absolute atomic E-state index is 0.129. The lowest BCUT2D eigenvalue weighted by Gasteiger charge is -2.25. The highest BCUT2D eigenvalue weighted by atomic mass is 19.1. The first-order valence-electron chi connectivity index (χ1n) is 8.02. The number of benzene rings is 2. The molecule has 0 radical (unpaired) electrons. The summed E-state index contributed by atoms with van der Waals surface area (Å²) in [6.45, 7) is 2.37. The quantitative estimate of drug-likeness (QED) is 0.938. The summed E-state index contributed by atoms with van der Waals surface area (Å²) in [5.74, 6) is -0.651. The minimum Gasteiger partial charge on any atom is -0.355 e. The standard InChI is InChI=1S/C19H19FN2O2/c1-2-21-19(24)17-12-14-5-3-4-6-16(14)22(17)18(23)11-13-7-9-15(20)10-8-13/h3-10,17H,2,11-12H2,1H3,(H,21,24). The lowest BCUT2D eigenvalue weighted by molar-refractivity contribution is -0.125. The van der Waals surface area contributed by atoms with Gasteiger partial charge in [-0.1, -0.05) is 30.3 Å². The van der Waals surface area contributed by atoms with E-state index in [1.54, 1.807) is 17.0 Å². The van der Waals surface area contributed by atoms with Crippen LogP contribution in [0.1, 0.15) is 18.1 Å². The van der Waals surface area contributed by atoms with Gasteiger partial charge in [0.15, 0.2) is 0 Å². The fourth-order valence-corrected chi connectivity index (χ4v) is 3.06. The summed E-state index contributed by atoms with van der Waals surface area (Å²) >= 11 is 0. The average Bonchev–Trinajstić information content (AvgIpc) is 2.97. The van der Waals surface area contributed by atoms with Gasteiger partial charge in [-0.3, -0.25) is 14.5 Å². The molecule has 1 atom stereocenters. The molecule has 0 aliphatic carbocycles. The van der Waals surface area contributed by atoms with Crippen molar-refractivity contribution in [3.63, 3.8) is 0 Å². The predicted molar refractivity (Wildman–Crippen MR) is 90.2 cm³/mol. The lowest BCUT2D eigenvalue weighted by atomic mass is 10.1. The maximum absolute atomic E-state index is 13.0. The van der Waals surface area contributed by atoms with Crippen LogP contribution in [0, 0.1) is 5.82 Å². The second-order valence-electron chi connectivity index (χ2n) is 5.81. The normalized spacial score (nSPS) is 15.9. The Kier molecular flexibility index (Phi) is 4.60. The van der Waals surface area contributed by atoms with Crippen LogP contribution in [0.15, 0.2) is 48.5 Å². The van der Waals surface area contributed by atoms with Crippen molar-refractivity contribution in [2.45, 2.75) is 25.8 Å². The van der Waals surface area contributed by atoms with E-state index >= 15 is 0 Å². The van der Waals surface area contributed by atoms with Gasteiger partial charge in [-0.05, 0) is 36.2 Å². The fraction of sp³-hybridized carbons (Fsp3) is 0.263. The smallest absolute Gasteiger partial charge is 0.243 e. The summed E-state index contributed by atoms with van der Waals surface area (Å²) < 4.78 is 13.0. The fourth-order valence-electron chi connectivity index (χ4n) is 3.06. The van der Waals surface area contributed by atoms with Crippen LogP contribution in [0.25, 0.3) is 0 Å². The second kappa shape index (κ2) is 6.83. The third-order valence-corrected chi connectivity index (χ3v) is 4.17. The van der Waals surface area contributed by atoms with E-state index in [0.29, 0.717) is 13.0 Å². The van der Waals surface area contributed by atoms with Crippen LogP contribution in [0.2, 0.25) is 0 Å². The van der Waals surface area contributed by atoms with E-state index in [1.165, 1.54) is 12.1 Å². The Morgan fingerprint density at radius 3 is 2.58 bits per heavy atom. The Bertz CT molecular complexity index is 758. The van der Waals surface area contributed by atoms with Gasteiger partial charge in [-0.25, -0.2) is 4.39 Å². The maximum atomic E-state index is 13.0. The van der Waals surface area contributed by atoms with Crippen molar-refractivity contribution in [3.8, 4) is 0 Å². The molecule has 0 bridgehead atoms. The molecule has 4 nitrogen and oxygen atoms in total. The summed E-state index contributed by atoms with van der Waals surface area (Å²) in [5.41, 5.74) is 2.49. The molecule has 1 aliphatic heterocycles. The minimum atomic E-state index is -0.532. The van der Waals surface area contributed by atoms with E-state index in [0.717, 1.165) is 16.8 Å². The molecule has 2 amide bonds. The van der Waals surface area contributed by atoms with Gasteiger partial charge in [0.05, 0.1) is 6.42 Å². The lowest BCUT2D eigenvalue weighted by Crippen LogP contribution is -2.48. The Balaban J connectivity index is 1.87. The van der Waals surface area contributed by atoms with Crippen LogP contribution in [0.5, 0.6) is 0 Å². The van der Waals surface area contributed by atoms with Crippen molar-refractivity contribution in [1.82, 2.24) is 5.32 Å². The van der Waals surface area contributed by atoms with Crippen molar-refractivity contribution in [2.75, 3.05) is 11.4 Å². The van der Waals surface area contributed by atoms with Gasteiger partial charge in [0.1, 0.15) is 11.9 Å². The van der Waals surface area contributed by atoms with Gasteiger partial charge in [0, 0.05) is 18.7 Å². The summed E-state index contributed by atoms with van der Waals surface area (Å²) in [5, 5.41) is 2.80. The molecule has 0 fully saturated rings. The maximum Gasteiger partial charge on any atom is 0.243 e. The topological polar surface area (TPSA) is 49.4 Å². The molecular weight excluding hydrogens is 307 g/mol. The highest BCUT2D eigenvalue weighted by Crippen LogP contribution is 2.32. The van der Waals surface area contributed by atoms with Crippen LogP contribution in [0.3, 0.4) is 0 Å². The molecule has 24 heavy (non-hydrogen) atoms. The van der Waals surface area contributed by atoms with Gasteiger partial charge < -0.3 is 5.32 Å². The number of nitrogens with zero attached hydrogens (tertiary/aromatic N) is 1. The van der Waals surface area contributed by atoms with E-state index in [1.807, 2.05) is 31.2 Å². The summed E-state index contributed by atoms with van der Waals surface area (Å²) in [4.78, 5) is 26.8. The molecule has 0 spiro atoms. The zero-order valence-electron chi connectivity index (χ0n) is 13.5. The molecule has 2 aromatic carbocycles. The molecular formula is C19H19FN2O2. The van der Waals surface area contributed by atoms with E-state index in [-0.39, 0.29) is 24.1 Å². The van der Waals surface area contributed by atoms with Crippen molar-refractivity contribution in [2.24, 2.45) is 0 Å². The third kappa shape index (κ3) is 3.15. The Labute approximate surface area is 140 Å². The number of likely N-dealkylation sites (N-methyl/N-ethyl adjacent to an activating group) is 1. The van der Waals surface area contributed by atoms with Gasteiger partial charge in [-0.2, -0.15) is 0 Å². The number of carbonyl (C=O) groups is 2. The van der Waals surface area contributed by atoms with E-state index < -0.39 is 6.04 Å². The molecule has 1 N–H and O–H groups in total. The van der Waals surface area contributed by atoms with Crippen molar-refractivity contribution in [3.05, 3.63) is 65.5 Å². The highest BCUT2D eigenvalue weighted by Gasteiger charge is 2.37. The summed E-state index contributed by atoms with van der Waals surface area (Å²) in [7, 11) is 0. The number of para-hydroxylation sites is 1. The zero-order valence-corrected chi connectivity index (χ0v) is 13.5. The van der Waals surface area contributed by atoms with Crippen LogP contribution in [0.4, 0.5) is 10.1 Å². The Morgan fingerprint density at radius 2 is 1.88 bits per heavy atom. The first kappa shape index (κ1) is 16.2. The molecule has 3 rings (SSSR count). The molecule has 0 aromatic heterocycles. The molecule has 1 unspecified atom stereocenters. The number of amides is 2. The molecule has 1 aliphatic rings. The van der Waals surface area contributed by atoms with Gasteiger partial charge in [0.25, 0.3) is 0 Å². The second-order valence-corrected chi connectivity index (χ2v) is 5.81. The summed E-state index contributed by atoms with van der Waals surface area (Å²) in [6.07, 6.45) is 0.641. The van der Waals surface area contributed by atoms with Crippen molar-refractivity contribution in [1.29, 1.82) is 0 Å². The van der Waals surface area contributed by atoms with E-state index in [9.17, 15) is 14.0 Å². The molecule has 5 heteroatoms. The monoisotopic (exact) mass is 326 g/mol. The van der Waals surface area contributed by atoms with Crippen LogP contribution in [-0.4, -0.2) is 24.4 Å². The Morgan fingerprint density at radius 1 is 1.17 bits per heavy atom. The highest BCUT2D eigenvalue weighted by molar-refractivity contribution is 6.04. The number of nitrogens with one attached hydrogen (secondary N) is 1. The van der Waals surface area contributed by atoms with Gasteiger partial charge in [0.2, 0.25) is 11.8 Å². The Hall–Kier alpha value is -2.69. The van der Waals surface area contributed by atoms with E-state index in [4.69, 9.17) is 0 Å². The van der Waals surface area contributed by atoms with Crippen LogP contribution < -0.4 is 10.2 Å². The zero-order chi connectivity index (χ0) is 17.1. The molecule has 0 saturated carbocycles. The van der Waals surface area contributed by atoms with Crippen LogP contribution >= 0.6 is 0 Å². The third-order valence-electron chi connectivity index (χ3n) is 4.17. The predicted octanol–water partition coefficient (Wildman–Crippen LogP) is 2.46. The number of rotatable bonds is 4. The van der Waals surface area contributed by atoms with Crippen molar-refractivity contribution >= 4 is 17.5 Å². The van der Waals surface area contributed by atoms with E-state index in [2.05, 4.69) is 5.32 Å². The van der Waals surface area contributed by atoms with Crippen LogP contribution in [-0.2, 0) is 22.4 Å². The first-order valence-corrected chi connectivity index (χ1v) is 8.02. The molecule has 1 heterocycles. The average molecular weight is 326 g/mol. The molecule has 124 valence electrons. The van der Waals surface area contributed by atoms with Gasteiger partial charge in [-0.15, -0.1) is 0 Å². The van der Waals surface area contributed by atoms with Crippen molar-refractivity contribution < 1.29 is 14.0 Å². The number of hydrogen-bond acceptors (Lipinski definition) is 2. The largest absolute Gasteiger partial charge is 0.355 e. The number of fused-ring (bicyclic) bond motifs is 1. The summed E-state index contributed by atoms with van der Waals surface area (Å²) in [6, 6.07) is 12.9. The SMILES string of the molecule is CCNC(=O)C1Cc2ccccc2N1C(=O)Cc1ccc(F)cc1. The number of carbonyl (C=O) groups excluding carboxylic acids is 2. The van der Waals surface area contributed by atoms with Gasteiger partial charge >= 0.3 is 0 Å². The number of halogens is 1.